The Bertz CT molecular complexity index is 648. The fraction of sp³-hybridized carbons (Fsp3) is 0.500. The van der Waals surface area contributed by atoms with Crippen molar-refractivity contribution in [2.75, 3.05) is 7.05 Å². The maximum absolute atomic E-state index is 12.3. The molecule has 0 unspecified atom stereocenters. The fourth-order valence-electron chi connectivity index (χ4n) is 2.31. The molecule has 2 amide bonds. The van der Waals surface area contributed by atoms with E-state index < -0.39 is 0 Å². The van der Waals surface area contributed by atoms with Gasteiger partial charge in [-0.3, -0.25) is 0 Å². The number of nitrogens with one attached hydrogen (secondary N) is 1. The van der Waals surface area contributed by atoms with Crippen LogP contribution in [0.1, 0.15) is 46.9 Å². The third kappa shape index (κ3) is 3.88. The standard InChI is InChI=1S/C16H23N3O2S/c1-6-13-8-17-15(22-13)9-19(5)16(20)18-11(3)14-7-10(2)21-12(14)4/h7-8,11H,6,9H2,1-5H3,(H,18,20)/t11-/m0/s1. The predicted molar refractivity (Wildman–Crippen MR) is 88.1 cm³/mol. The summed E-state index contributed by atoms with van der Waals surface area (Å²) >= 11 is 1.65. The van der Waals surface area contributed by atoms with E-state index in [-0.39, 0.29) is 12.1 Å². The van der Waals surface area contributed by atoms with E-state index in [1.807, 2.05) is 33.0 Å². The van der Waals surface area contributed by atoms with Gasteiger partial charge in [0.25, 0.3) is 0 Å². The highest BCUT2D eigenvalue weighted by atomic mass is 32.1. The van der Waals surface area contributed by atoms with E-state index in [0.29, 0.717) is 6.54 Å². The first kappa shape index (κ1) is 16.5. The van der Waals surface area contributed by atoms with Crippen LogP contribution in [0.25, 0.3) is 0 Å². The lowest BCUT2D eigenvalue weighted by Crippen LogP contribution is -2.38. The Labute approximate surface area is 135 Å². The summed E-state index contributed by atoms with van der Waals surface area (Å²) in [7, 11) is 1.78. The van der Waals surface area contributed by atoms with Crippen molar-refractivity contribution in [1.29, 1.82) is 0 Å². The average Bonchev–Trinajstić information content (AvgIpc) is 3.04. The summed E-state index contributed by atoms with van der Waals surface area (Å²) in [5, 5.41) is 3.95. The Balaban J connectivity index is 1.94. The van der Waals surface area contributed by atoms with Gasteiger partial charge in [-0.2, -0.15) is 0 Å². The first-order valence-corrected chi connectivity index (χ1v) is 8.24. The van der Waals surface area contributed by atoms with Gasteiger partial charge >= 0.3 is 6.03 Å². The van der Waals surface area contributed by atoms with Gasteiger partial charge in [0.05, 0.1) is 12.6 Å². The van der Waals surface area contributed by atoms with Crippen LogP contribution in [0, 0.1) is 13.8 Å². The maximum Gasteiger partial charge on any atom is 0.317 e. The summed E-state index contributed by atoms with van der Waals surface area (Å²) in [6.45, 7) is 8.40. The van der Waals surface area contributed by atoms with Crippen LogP contribution < -0.4 is 5.32 Å². The lowest BCUT2D eigenvalue weighted by molar-refractivity contribution is 0.203. The topological polar surface area (TPSA) is 58.4 Å². The number of thiazole rings is 1. The Kier molecular flexibility index (Phi) is 5.24. The number of amides is 2. The van der Waals surface area contributed by atoms with Gasteiger partial charge in [0, 0.05) is 23.7 Å². The van der Waals surface area contributed by atoms with Crippen molar-refractivity contribution in [2.24, 2.45) is 0 Å². The van der Waals surface area contributed by atoms with Crippen LogP contribution in [0.15, 0.2) is 16.7 Å². The van der Waals surface area contributed by atoms with Gasteiger partial charge in [-0.05, 0) is 33.3 Å². The number of nitrogens with zero attached hydrogens (tertiary/aromatic N) is 2. The largest absolute Gasteiger partial charge is 0.466 e. The molecule has 0 aliphatic heterocycles. The van der Waals surface area contributed by atoms with Crippen molar-refractivity contribution in [3.8, 4) is 0 Å². The number of hydrogen-bond acceptors (Lipinski definition) is 4. The van der Waals surface area contributed by atoms with Gasteiger partial charge in [0.2, 0.25) is 0 Å². The molecule has 0 aromatic carbocycles. The van der Waals surface area contributed by atoms with Gasteiger partial charge in [-0.15, -0.1) is 11.3 Å². The van der Waals surface area contributed by atoms with Crippen molar-refractivity contribution in [3.05, 3.63) is 39.2 Å². The lowest BCUT2D eigenvalue weighted by atomic mass is 10.1. The molecule has 2 rings (SSSR count). The first-order chi connectivity index (χ1) is 10.4. The Morgan fingerprint density at radius 1 is 1.50 bits per heavy atom. The second-order valence-electron chi connectivity index (χ2n) is 5.47. The van der Waals surface area contributed by atoms with Crippen molar-refractivity contribution >= 4 is 17.4 Å². The van der Waals surface area contributed by atoms with Gasteiger partial charge < -0.3 is 14.6 Å². The molecule has 2 aromatic heterocycles. The van der Waals surface area contributed by atoms with Crippen LogP contribution in [0.4, 0.5) is 4.79 Å². The second-order valence-corrected chi connectivity index (χ2v) is 6.67. The molecule has 5 nitrogen and oxygen atoms in total. The van der Waals surface area contributed by atoms with Gasteiger partial charge in [0.15, 0.2) is 0 Å². The highest BCUT2D eigenvalue weighted by molar-refractivity contribution is 7.11. The molecule has 0 saturated heterocycles. The number of carbonyl (C=O) groups excluding carboxylic acids is 1. The van der Waals surface area contributed by atoms with Gasteiger partial charge in [-0.1, -0.05) is 6.92 Å². The van der Waals surface area contributed by atoms with Gasteiger partial charge in [-0.25, -0.2) is 9.78 Å². The third-order valence-corrected chi connectivity index (χ3v) is 4.68. The molecule has 2 heterocycles. The van der Waals surface area contributed by atoms with Crippen molar-refractivity contribution < 1.29 is 9.21 Å². The highest BCUT2D eigenvalue weighted by Crippen LogP contribution is 2.21. The lowest BCUT2D eigenvalue weighted by Gasteiger charge is -2.20. The van der Waals surface area contributed by atoms with Crippen LogP contribution in [0.5, 0.6) is 0 Å². The zero-order chi connectivity index (χ0) is 16.3. The zero-order valence-electron chi connectivity index (χ0n) is 13.8. The number of aryl methyl sites for hydroxylation is 3. The second kappa shape index (κ2) is 6.96. The highest BCUT2D eigenvalue weighted by Gasteiger charge is 2.18. The predicted octanol–water partition coefficient (Wildman–Crippen LogP) is 3.82. The minimum Gasteiger partial charge on any atom is -0.466 e. The Morgan fingerprint density at radius 3 is 2.77 bits per heavy atom. The van der Waals surface area contributed by atoms with Crippen LogP contribution in [-0.2, 0) is 13.0 Å². The molecule has 0 radical (unpaired) electrons. The number of aromatic nitrogens is 1. The maximum atomic E-state index is 12.3. The summed E-state index contributed by atoms with van der Waals surface area (Å²) in [4.78, 5) is 19.5. The summed E-state index contributed by atoms with van der Waals surface area (Å²) < 4.78 is 5.52. The summed E-state index contributed by atoms with van der Waals surface area (Å²) in [6, 6.07) is 1.77. The molecule has 6 heteroatoms. The van der Waals surface area contributed by atoms with Crippen LogP contribution in [0.3, 0.4) is 0 Å². The first-order valence-electron chi connectivity index (χ1n) is 7.42. The molecule has 2 aromatic rings. The van der Waals surface area contributed by atoms with Crippen molar-refractivity contribution in [2.45, 2.75) is 46.7 Å². The Morgan fingerprint density at radius 2 is 2.23 bits per heavy atom. The minimum atomic E-state index is -0.112. The van der Waals surface area contributed by atoms with E-state index in [1.54, 1.807) is 23.3 Å². The van der Waals surface area contributed by atoms with E-state index >= 15 is 0 Å². The molecule has 0 aliphatic carbocycles. The van der Waals surface area contributed by atoms with E-state index in [4.69, 9.17) is 4.42 Å². The molecular formula is C16H23N3O2S. The van der Waals surface area contributed by atoms with E-state index in [2.05, 4.69) is 17.2 Å². The van der Waals surface area contributed by atoms with Crippen molar-refractivity contribution in [1.82, 2.24) is 15.2 Å². The van der Waals surface area contributed by atoms with E-state index in [0.717, 1.165) is 28.5 Å². The quantitative estimate of drug-likeness (QED) is 0.911. The molecule has 0 saturated carbocycles. The smallest absolute Gasteiger partial charge is 0.317 e. The average molecular weight is 321 g/mol. The normalized spacial score (nSPS) is 12.2. The molecule has 1 N–H and O–H groups in total. The fourth-order valence-corrected chi connectivity index (χ4v) is 3.23. The molecular weight excluding hydrogens is 298 g/mol. The molecule has 22 heavy (non-hydrogen) atoms. The molecule has 120 valence electrons. The number of rotatable bonds is 5. The number of urea groups is 1. The monoisotopic (exact) mass is 321 g/mol. The van der Waals surface area contributed by atoms with Crippen molar-refractivity contribution in [3.63, 3.8) is 0 Å². The van der Waals surface area contributed by atoms with E-state index in [9.17, 15) is 4.79 Å². The third-order valence-electron chi connectivity index (χ3n) is 3.55. The van der Waals surface area contributed by atoms with Crippen LogP contribution in [0.2, 0.25) is 0 Å². The minimum absolute atomic E-state index is 0.0881. The summed E-state index contributed by atoms with van der Waals surface area (Å²) in [6.07, 6.45) is 2.86. The molecule has 0 fully saturated rings. The summed E-state index contributed by atoms with van der Waals surface area (Å²) in [5.74, 6) is 1.71. The molecule has 0 bridgehead atoms. The molecule has 1 atom stereocenters. The number of hydrogen-bond donors (Lipinski definition) is 1. The number of furan rings is 1. The number of carbonyl (C=O) groups is 1. The molecule has 0 aliphatic rings. The summed E-state index contributed by atoms with van der Waals surface area (Å²) in [5.41, 5.74) is 1.02. The van der Waals surface area contributed by atoms with E-state index in [1.165, 1.54) is 4.88 Å². The Hall–Kier alpha value is -1.82. The zero-order valence-corrected chi connectivity index (χ0v) is 14.6. The molecule has 0 spiro atoms. The van der Waals surface area contributed by atoms with Gasteiger partial charge in [0.1, 0.15) is 16.5 Å². The van der Waals surface area contributed by atoms with Crippen LogP contribution in [-0.4, -0.2) is 23.0 Å². The van der Waals surface area contributed by atoms with Crippen LogP contribution >= 0.6 is 11.3 Å². The SMILES string of the molecule is CCc1cnc(CN(C)C(=O)N[C@@H](C)c2cc(C)oc2C)s1.